The maximum atomic E-state index is 13.4. The van der Waals surface area contributed by atoms with Gasteiger partial charge in [-0.3, -0.25) is 0 Å². The van der Waals surface area contributed by atoms with E-state index in [0.29, 0.717) is 28.7 Å². The van der Waals surface area contributed by atoms with Crippen LogP contribution in [0.1, 0.15) is 20.8 Å². The zero-order chi connectivity index (χ0) is 30.9. The number of nitrogens with two attached hydrogens (primary N) is 1. The Kier molecular flexibility index (Phi) is 9.14. The van der Waals surface area contributed by atoms with E-state index in [2.05, 4.69) is 15.3 Å². The lowest BCUT2D eigenvalue weighted by Crippen LogP contribution is -2.35. The number of anilines is 6. The quantitative estimate of drug-likeness (QED) is 0.219. The Hall–Kier alpha value is -4.72. The fourth-order valence-corrected chi connectivity index (χ4v) is 4.94. The van der Waals surface area contributed by atoms with Crippen molar-refractivity contribution in [3.05, 3.63) is 85.1 Å². The van der Waals surface area contributed by atoms with Crippen LogP contribution < -0.4 is 20.3 Å². The second-order valence-corrected chi connectivity index (χ2v) is 12.4. The number of ether oxygens (including phenoxy) is 1. The molecule has 44 heavy (non-hydrogen) atoms. The zero-order valence-electron chi connectivity index (χ0n) is 24.8. The van der Waals surface area contributed by atoms with E-state index in [1.165, 1.54) is 17.0 Å². The van der Waals surface area contributed by atoms with E-state index in [-0.39, 0.29) is 23.3 Å². The summed E-state index contributed by atoms with van der Waals surface area (Å²) in [7, 11) is -0.149. The van der Waals surface area contributed by atoms with Gasteiger partial charge in [0.2, 0.25) is 21.9 Å². The van der Waals surface area contributed by atoms with Crippen LogP contribution in [0.3, 0.4) is 0 Å². The van der Waals surface area contributed by atoms with Gasteiger partial charge in [0.05, 0.1) is 21.6 Å². The number of halogens is 1. The summed E-state index contributed by atoms with van der Waals surface area (Å²) in [5.41, 5.74) is 2.68. The molecule has 0 atom stereocenters. The number of aromatic nitrogens is 4. The predicted octanol–water partition coefficient (Wildman–Crippen LogP) is 6.02. The zero-order valence-corrected chi connectivity index (χ0v) is 26.4. The van der Waals surface area contributed by atoms with E-state index in [1.54, 1.807) is 24.4 Å². The van der Waals surface area contributed by atoms with Crippen molar-refractivity contribution in [3.63, 3.8) is 0 Å². The lowest BCUT2D eigenvalue weighted by atomic mass is 10.2. The number of hydrogen-bond acceptors (Lipinski definition) is 9. The van der Waals surface area contributed by atoms with Crippen molar-refractivity contribution in [2.45, 2.75) is 31.3 Å². The Labute approximate surface area is 262 Å². The number of rotatable bonds is 7. The molecule has 0 bridgehead atoms. The minimum atomic E-state index is -3.85. The molecule has 0 saturated carbocycles. The minimum Gasteiger partial charge on any atom is -0.443 e. The summed E-state index contributed by atoms with van der Waals surface area (Å²) in [6.07, 6.45) is 1.06. The van der Waals surface area contributed by atoms with Crippen molar-refractivity contribution in [2.75, 3.05) is 22.2 Å². The molecule has 0 radical (unpaired) electrons. The number of carbonyl (C=O) groups is 1. The highest BCUT2D eigenvalue weighted by molar-refractivity contribution is 7.89. The Morgan fingerprint density at radius 2 is 1.68 bits per heavy atom. The monoisotopic (exact) mass is 636 g/mol. The summed E-state index contributed by atoms with van der Waals surface area (Å²) in [6, 6.07) is 22.8. The Morgan fingerprint density at radius 3 is 2.36 bits per heavy atom. The third kappa shape index (κ3) is 7.08. The summed E-state index contributed by atoms with van der Waals surface area (Å²) in [5.74, 6) is 1.26. The number of imidazole rings is 1. The molecule has 0 fully saturated rings. The molecule has 230 valence electrons. The molecule has 3 N–H and O–H groups in total. The van der Waals surface area contributed by atoms with Gasteiger partial charge in [-0.15, -0.1) is 12.4 Å². The summed E-state index contributed by atoms with van der Waals surface area (Å²) in [5, 5.41) is 8.28. The highest BCUT2D eigenvalue weighted by atomic mass is 35.5. The predicted molar refractivity (Wildman–Crippen MR) is 174 cm³/mol. The standard InChI is InChI=1S/C30H32N8O4S.ClH/c1-30(2,3)42-29(39)38(21-11-7-6-8-12-21)28-34-24-19-22(14-15-25(24)37(28)5)36(4)26-16-17-32-27(35-26)33-20-10-9-13-23(18-20)43(31,40)41;/h6-19H,1-5H3,(H2,31,40,41)(H,32,33,35);1H. The van der Waals surface area contributed by atoms with Crippen LogP contribution in [0.2, 0.25) is 0 Å². The van der Waals surface area contributed by atoms with Crippen LogP contribution in [0, 0.1) is 0 Å². The van der Waals surface area contributed by atoms with Gasteiger partial charge in [-0.25, -0.2) is 33.2 Å². The number of primary sulfonamides is 1. The van der Waals surface area contributed by atoms with Crippen molar-refractivity contribution in [2.24, 2.45) is 12.2 Å². The van der Waals surface area contributed by atoms with E-state index in [0.717, 1.165) is 11.2 Å². The molecule has 0 aliphatic carbocycles. The molecule has 5 rings (SSSR count). The molecule has 2 aromatic heterocycles. The number of nitrogens with one attached hydrogen (secondary N) is 1. The van der Waals surface area contributed by atoms with Gasteiger partial charge in [0.25, 0.3) is 0 Å². The SMILES string of the molecule is CN(c1ccc2c(c1)nc(N(C(=O)OC(C)(C)C)c1ccccc1)n2C)c1ccnc(Nc2cccc(S(N)(=O)=O)c2)n1.Cl. The van der Waals surface area contributed by atoms with Crippen molar-refractivity contribution < 1.29 is 17.9 Å². The number of sulfonamides is 1. The normalized spacial score (nSPS) is 11.5. The van der Waals surface area contributed by atoms with Gasteiger partial charge >= 0.3 is 6.09 Å². The summed E-state index contributed by atoms with van der Waals surface area (Å²) >= 11 is 0. The smallest absolute Gasteiger partial charge is 0.421 e. The molecule has 0 spiro atoms. The van der Waals surface area contributed by atoms with Crippen LogP contribution in [0.15, 0.2) is 90.0 Å². The van der Waals surface area contributed by atoms with Gasteiger partial charge in [-0.05, 0) is 75.4 Å². The molecule has 0 aliphatic rings. The first-order valence-electron chi connectivity index (χ1n) is 13.3. The van der Waals surface area contributed by atoms with E-state index in [4.69, 9.17) is 14.9 Å². The van der Waals surface area contributed by atoms with Gasteiger partial charge in [-0.2, -0.15) is 4.98 Å². The fourth-order valence-electron chi connectivity index (χ4n) is 4.38. The van der Waals surface area contributed by atoms with Crippen LogP contribution >= 0.6 is 12.4 Å². The molecule has 0 aliphatic heterocycles. The number of fused-ring (bicyclic) bond motifs is 1. The first kappa shape index (κ1) is 32.2. The third-order valence-electron chi connectivity index (χ3n) is 6.42. The lowest BCUT2D eigenvalue weighted by molar-refractivity contribution is 0.0596. The first-order chi connectivity index (χ1) is 20.3. The number of benzene rings is 3. The van der Waals surface area contributed by atoms with Crippen LogP contribution in [-0.4, -0.2) is 46.7 Å². The van der Waals surface area contributed by atoms with Crippen molar-refractivity contribution >= 4 is 74.3 Å². The maximum Gasteiger partial charge on any atom is 0.421 e. The average molecular weight is 637 g/mol. The Bertz CT molecular complexity index is 1910. The van der Waals surface area contributed by atoms with Gasteiger partial charge in [0.1, 0.15) is 11.4 Å². The lowest BCUT2D eigenvalue weighted by Gasteiger charge is -2.26. The Balaban J connectivity index is 0.00000442. The van der Waals surface area contributed by atoms with Gasteiger partial charge in [0.15, 0.2) is 0 Å². The molecule has 5 aromatic rings. The molecule has 2 heterocycles. The summed E-state index contributed by atoms with van der Waals surface area (Å²) in [4.78, 5) is 30.4. The molecular weight excluding hydrogens is 604 g/mol. The fraction of sp³-hybridized carbons (Fsp3) is 0.200. The van der Waals surface area contributed by atoms with Crippen LogP contribution in [0.25, 0.3) is 11.0 Å². The summed E-state index contributed by atoms with van der Waals surface area (Å²) in [6.45, 7) is 5.46. The molecule has 12 nitrogen and oxygen atoms in total. The molecule has 0 unspecified atom stereocenters. The molecule has 0 saturated heterocycles. The van der Waals surface area contributed by atoms with Crippen molar-refractivity contribution in [1.82, 2.24) is 19.5 Å². The average Bonchev–Trinajstić information content (AvgIpc) is 3.27. The molecule has 1 amide bonds. The topological polar surface area (TPSA) is 149 Å². The highest BCUT2D eigenvalue weighted by Gasteiger charge is 2.28. The number of amides is 1. The second-order valence-electron chi connectivity index (χ2n) is 10.8. The molecule has 14 heteroatoms. The van der Waals surface area contributed by atoms with E-state index in [1.807, 2.05) is 92.9 Å². The van der Waals surface area contributed by atoms with Crippen LogP contribution in [0.4, 0.5) is 39.6 Å². The van der Waals surface area contributed by atoms with E-state index >= 15 is 0 Å². The second kappa shape index (κ2) is 12.5. The van der Waals surface area contributed by atoms with E-state index < -0.39 is 21.7 Å². The molecule has 3 aromatic carbocycles. The van der Waals surface area contributed by atoms with Crippen LogP contribution in [-0.2, 0) is 21.8 Å². The van der Waals surface area contributed by atoms with Crippen molar-refractivity contribution in [1.29, 1.82) is 0 Å². The maximum absolute atomic E-state index is 13.4. The number of hydrogen-bond donors (Lipinski definition) is 2. The van der Waals surface area contributed by atoms with Crippen molar-refractivity contribution in [3.8, 4) is 0 Å². The highest BCUT2D eigenvalue weighted by Crippen LogP contribution is 2.32. The number of carbonyl (C=O) groups excluding carboxylic acids is 1. The van der Waals surface area contributed by atoms with Gasteiger partial charge in [-0.1, -0.05) is 24.3 Å². The van der Waals surface area contributed by atoms with Crippen LogP contribution in [0.5, 0.6) is 0 Å². The minimum absolute atomic E-state index is 0. The first-order valence-corrected chi connectivity index (χ1v) is 14.9. The van der Waals surface area contributed by atoms with E-state index in [9.17, 15) is 13.2 Å². The largest absolute Gasteiger partial charge is 0.443 e. The number of aryl methyl sites for hydroxylation is 1. The number of nitrogens with zero attached hydrogens (tertiary/aromatic N) is 6. The Morgan fingerprint density at radius 1 is 0.955 bits per heavy atom. The van der Waals surface area contributed by atoms with Gasteiger partial charge < -0.3 is 19.5 Å². The number of para-hydroxylation sites is 1. The summed E-state index contributed by atoms with van der Waals surface area (Å²) < 4.78 is 31.0. The molecular formula is C30H33ClN8O4S. The van der Waals surface area contributed by atoms with Gasteiger partial charge in [0, 0.05) is 31.7 Å². The third-order valence-corrected chi connectivity index (χ3v) is 7.33.